The minimum Gasteiger partial charge on any atom is -0.480 e. The van der Waals surface area contributed by atoms with Crippen LogP contribution in [-0.2, 0) is 9.53 Å². The summed E-state index contributed by atoms with van der Waals surface area (Å²) in [7, 11) is 0. The summed E-state index contributed by atoms with van der Waals surface area (Å²) in [4.78, 5) is 21.5. The Balaban J connectivity index is 0. The summed E-state index contributed by atoms with van der Waals surface area (Å²) in [6, 6.07) is -0.919. The first-order chi connectivity index (χ1) is 6.61. The van der Waals surface area contributed by atoms with E-state index in [4.69, 9.17) is 10.8 Å². The van der Waals surface area contributed by atoms with E-state index in [-0.39, 0.29) is 19.0 Å². The zero-order valence-corrected chi connectivity index (χ0v) is 9.38. The smallest absolute Gasteiger partial charge is 0.407 e. The van der Waals surface area contributed by atoms with E-state index in [1.54, 1.807) is 6.92 Å². The molecule has 0 saturated carbocycles. The largest absolute Gasteiger partial charge is 0.480 e. The van der Waals surface area contributed by atoms with Crippen molar-refractivity contribution in [3.63, 3.8) is 0 Å². The monoisotopic (exact) mass is 240 g/mol. The van der Waals surface area contributed by atoms with Crippen molar-refractivity contribution in [3.05, 3.63) is 0 Å². The van der Waals surface area contributed by atoms with E-state index in [0.717, 1.165) is 0 Å². The maximum Gasteiger partial charge on any atom is 0.407 e. The number of amides is 1. The van der Waals surface area contributed by atoms with Crippen LogP contribution in [0.4, 0.5) is 4.79 Å². The maximum atomic E-state index is 10.9. The highest BCUT2D eigenvalue weighted by atomic mass is 35.5. The van der Waals surface area contributed by atoms with Crippen molar-refractivity contribution in [1.29, 1.82) is 0 Å². The lowest BCUT2D eigenvalue weighted by Gasteiger charge is -2.13. The van der Waals surface area contributed by atoms with Gasteiger partial charge in [-0.05, 0) is 26.3 Å². The van der Waals surface area contributed by atoms with Gasteiger partial charge in [-0.15, -0.1) is 12.4 Å². The molecule has 0 aromatic rings. The highest BCUT2D eigenvalue weighted by Crippen LogP contribution is 1.97. The standard InChI is InChI=1S/C8H16N2O4.ClH/c1-2-14-8(13)10-6(7(11)12)4-3-5-9;/h6H,2-5,9H2,1H3,(H,10,13)(H,11,12);1H/t6-;/m1./s1. The highest BCUT2D eigenvalue weighted by Gasteiger charge is 2.19. The fourth-order valence-electron chi connectivity index (χ4n) is 0.894. The number of nitrogens with one attached hydrogen (secondary N) is 1. The molecule has 0 heterocycles. The summed E-state index contributed by atoms with van der Waals surface area (Å²) in [6.45, 7) is 2.26. The first-order valence-corrected chi connectivity index (χ1v) is 4.48. The molecule has 0 aliphatic heterocycles. The van der Waals surface area contributed by atoms with Crippen molar-refractivity contribution in [2.45, 2.75) is 25.8 Å². The lowest BCUT2D eigenvalue weighted by molar-refractivity contribution is -0.139. The molecule has 0 spiro atoms. The van der Waals surface area contributed by atoms with Crippen LogP contribution < -0.4 is 11.1 Å². The third-order valence-electron chi connectivity index (χ3n) is 1.56. The van der Waals surface area contributed by atoms with Gasteiger partial charge in [-0.1, -0.05) is 0 Å². The molecular formula is C8H17ClN2O4. The Morgan fingerprint density at radius 2 is 2.13 bits per heavy atom. The Labute approximate surface area is 94.6 Å². The Morgan fingerprint density at radius 3 is 2.53 bits per heavy atom. The van der Waals surface area contributed by atoms with Crippen LogP contribution in [-0.4, -0.2) is 36.4 Å². The van der Waals surface area contributed by atoms with Crippen LogP contribution in [0.2, 0.25) is 0 Å². The number of carboxylic acids is 1. The lowest BCUT2D eigenvalue weighted by atomic mass is 10.1. The molecule has 0 bridgehead atoms. The van der Waals surface area contributed by atoms with Crippen LogP contribution in [0.3, 0.4) is 0 Å². The van der Waals surface area contributed by atoms with Gasteiger partial charge in [-0.25, -0.2) is 9.59 Å². The van der Waals surface area contributed by atoms with Crippen molar-refractivity contribution in [1.82, 2.24) is 5.32 Å². The number of alkyl carbamates (subject to hydrolysis) is 1. The molecule has 0 aliphatic carbocycles. The number of ether oxygens (including phenoxy) is 1. The molecule has 1 amide bonds. The predicted octanol–water partition coefficient (Wildman–Crippen LogP) is 0.346. The van der Waals surface area contributed by atoms with Crippen molar-refractivity contribution in [2.24, 2.45) is 5.73 Å². The number of hydrogen-bond acceptors (Lipinski definition) is 4. The van der Waals surface area contributed by atoms with Gasteiger partial charge in [0.1, 0.15) is 6.04 Å². The molecule has 7 heteroatoms. The van der Waals surface area contributed by atoms with Gasteiger partial charge in [0.15, 0.2) is 0 Å². The maximum absolute atomic E-state index is 10.9. The molecule has 90 valence electrons. The van der Waals surface area contributed by atoms with E-state index < -0.39 is 18.1 Å². The minimum absolute atomic E-state index is 0. The molecule has 0 aliphatic rings. The summed E-state index contributed by atoms with van der Waals surface area (Å²) < 4.78 is 4.56. The van der Waals surface area contributed by atoms with Gasteiger partial charge in [-0.3, -0.25) is 0 Å². The second-order valence-electron chi connectivity index (χ2n) is 2.69. The number of halogens is 1. The molecule has 0 unspecified atom stereocenters. The number of carboxylic acid groups (broad SMARTS) is 1. The van der Waals surface area contributed by atoms with Crippen LogP contribution in [0.25, 0.3) is 0 Å². The third-order valence-corrected chi connectivity index (χ3v) is 1.56. The average Bonchev–Trinajstić information content (AvgIpc) is 2.12. The van der Waals surface area contributed by atoms with E-state index in [2.05, 4.69) is 10.1 Å². The number of carbonyl (C=O) groups excluding carboxylic acids is 1. The summed E-state index contributed by atoms with van der Waals surface area (Å²) in [5, 5.41) is 10.9. The van der Waals surface area contributed by atoms with E-state index >= 15 is 0 Å². The number of hydrogen-bond donors (Lipinski definition) is 3. The molecule has 1 atom stereocenters. The van der Waals surface area contributed by atoms with Crippen molar-refractivity contribution in [2.75, 3.05) is 13.2 Å². The number of aliphatic carboxylic acids is 1. The SMILES string of the molecule is CCOC(=O)N[C@H](CCCN)C(=O)O.Cl. The molecule has 4 N–H and O–H groups in total. The van der Waals surface area contributed by atoms with E-state index in [1.165, 1.54) is 0 Å². The molecule has 0 aromatic heterocycles. The third kappa shape index (κ3) is 8.02. The second kappa shape index (κ2) is 9.54. The van der Waals surface area contributed by atoms with Crippen molar-refractivity contribution in [3.8, 4) is 0 Å². The van der Waals surface area contributed by atoms with Gasteiger partial charge < -0.3 is 20.9 Å². The Morgan fingerprint density at radius 1 is 1.53 bits per heavy atom. The molecule has 0 radical (unpaired) electrons. The van der Waals surface area contributed by atoms with Crippen LogP contribution in [0, 0.1) is 0 Å². The fraction of sp³-hybridized carbons (Fsp3) is 0.750. The first-order valence-electron chi connectivity index (χ1n) is 4.48. The van der Waals surface area contributed by atoms with Crippen LogP contribution in [0.5, 0.6) is 0 Å². The van der Waals surface area contributed by atoms with Gasteiger partial charge >= 0.3 is 12.1 Å². The van der Waals surface area contributed by atoms with Gasteiger partial charge in [-0.2, -0.15) is 0 Å². The molecule has 0 rings (SSSR count). The van der Waals surface area contributed by atoms with E-state index in [9.17, 15) is 9.59 Å². The molecule has 0 fully saturated rings. The number of nitrogens with two attached hydrogens (primary N) is 1. The zero-order chi connectivity index (χ0) is 11.0. The Kier molecular flexibility index (Phi) is 10.4. The van der Waals surface area contributed by atoms with Crippen molar-refractivity contribution >= 4 is 24.5 Å². The molecular weight excluding hydrogens is 224 g/mol. The molecule has 6 nitrogen and oxygen atoms in total. The quantitative estimate of drug-likeness (QED) is 0.622. The van der Waals surface area contributed by atoms with Crippen molar-refractivity contribution < 1.29 is 19.4 Å². The second-order valence-corrected chi connectivity index (χ2v) is 2.69. The van der Waals surface area contributed by atoms with Crippen LogP contribution in [0.1, 0.15) is 19.8 Å². The highest BCUT2D eigenvalue weighted by molar-refractivity contribution is 5.85. The summed E-state index contributed by atoms with van der Waals surface area (Å²) in [5.41, 5.74) is 5.23. The summed E-state index contributed by atoms with van der Waals surface area (Å²) >= 11 is 0. The molecule has 15 heavy (non-hydrogen) atoms. The lowest BCUT2D eigenvalue weighted by Crippen LogP contribution is -2.41. The fourth-order valence-corrected chi connectivity index (χ4v) is 0.894. The minimum atomic E-state index is -1.08. The van der Waals surface area contributed by atoms with E-state index in [0.29, 0.717) is 19.4 Å². The van der Waals surface area contributed by atoms with Crippen LogP contribution in [0.15, 0.2) is 0 Å². The average molecular weight is 241 g/mol. The van der Waals surface area contributed by atoms with Gasteiger partial charge in [0.2, 0.25) is 0 Å². The van der Waals surface area contributed by atoms with E-state index in [1.807, 2.05) is 0 Å². The zero-order valence-electron chi connectivity index (χ0n) is 8.56. The predicted molar refractivity (Wildman–Crippen MR) is 57.1 cm³/mol. The van der Waals surface area contributed by atoms with Gasteiger partial charge in [0.05, 0.1) is 6.61 Å². The Hall–Kier alpha value is -1.01. The van der Waals surface area contributed by atoms with Crippen LogP contribution >= 0.6 is 12.4 Å². The normalized spacial score (nSPS) is 11.1. The Bertz CT molecular complexity index is 201. The molecule has 0 aromatic carbocycles. The van der Waals surface area contributed by atoms with Gasteiger partial charge in [0, 0.05) is 0 Å². The number of rotatable bonds is 6. The first kappa shape index (κ1) is 16.4. The summed E-state index contributed by atoms with van der Waals surface area (Å²) in [6.07, 6.45) is 0.144. The van der Waals surface area contributed by atoms with Gasteiger partial charge in [0.25, 0.3) is 0 Å². The number of carbonyl (C=O) groups is 2. The topological polar surface area (TPSA) is 102 Å². The summed E-state index contributed by atoms with van der Waals surface area (Å²) in [5.74, 6) is -1.08. The molecule has 0 saturated heterocycles.